The number of rotatable bonds is 10. The monoisotopic (exact) mass is 392 g/mol. The van der Waals surface area contributed by atoms with Gasteiger partial charge in [-0.1, -0.05) is 0 Å². The molecule has 0 radical (unpaired) electrons. The Bertz CT molecular complexity index is 236. The Morgan fingerprint density at radius 1 is 0.800 bits per heavy atom. The van der Waals surface area contributed by atoms with Crippen LogP contribution in [0.2, 0.25) is 3.67 Å². The van der Waals surface area contributed by atoms with E-state index in [0.29, 0.717) is 0 Å². The van der Waals surface area contributed by atoms with Crippen LogP contribution in [0.15, 0.2) is 0 Å². The van der Waals surface area contributed by atoms with Gasteiger partial charge in [-0.3, -0.25) is 8.42 Å². The van der Waals surface area contributed by atoms with Crippen molar-refractivity contribution in [3.8, 4) is 0 Å². The minimum Gasteiger partial charge on any atom is -0.759 e. The molecular formula is C12H25CaNaO4SZn. The van der Waals surface area contributed by atoms with E-state index in [1.165, 1.54) is 95.8 Å². The first-order chi connectivity index (χ1) is 8.41. The first kappa shape index (κ1) is 30.6. The largest absolute Gasteiger partial charge is 2.00 e. The maximum absolute atomic E-state index is 8.52. The molecule has 0 bridgehead atoms. The van der Waals surface area contributed by atoms with Crippen LogP contribution in [0.5, 0.6) is 0 Å². The van der Waals surface area contributed by atoms with E-state index in [-0.39, 0.29) is 57.2 Å². The van der Waals surface area contributed by atoms with E-state index >= 15 is 0 Å². The van der Waals surface area contributed by atoms with Crippen molar-refractivity contribution >= 4 is 76.1 Å². The third-order valence-corrected chi connectivity index (χ3v) is 3.41. The van der Waals surface area contributed by atoms with Gasteiger partial charge in [0.2, 0.25) is 0 Å². The predicted octanol–water partition coefficient (Wildman–Crippen LogP) is 2.77. The minimum absolute atomic E-state index is 0. The standard InChI is InChI=1S/C12H25.Ca.Na.H2O4S.Zn/c1-3-5-7-9-11-12-10-8-6-4-2;;;1-5(2,3)4;/h1,3-12H2,2H3;;;(H2,1,2,3,4);/q;+2;;;/p-2. The molecule has 0 aromatic carbocycles. The van der Waals surface area contributed by atoms with E-state index < -0.39 is 10.4 Å². The Morgan fingerprint density at radius 3 is 1.30 bits per heavy atom. The fourth-order valence-electron chi connectivity index (χ4n) is 1.74. The molecule has 0 spiro atoms. The van der Waals surface area contributed by atoms with Crippen molar-refractivity contribution in [3.63, 3.8) is 0 Å². The van der Waals surface area contributed by atoms with Crippen LogP contribution in [-0.2, 0) is 29.9 Å². The van der Waals surface area contributed by atoms with Crippen LogP contribution < -0.4 is 0 Å². The molecule has 0 aromatic rings. The van der Waals surface area contributed by atoms with Crippen molar-refractivity contribution in [2.45, 2.75) is 74.8 Å². The number of hydrogen-bond acceptors (Lipinski definition) is 4. The molecule has 4 nitrogen and oxygen atoms in total. The van der Waals surface area contributed by atoms with Gasteiger partial charge in [0.25, 0.3) is 0 Å². The molecule has 0 aliphatic rings. The van der Waals surface area contributed by atoms with Crippen LogP contribution >= 0.6 is 0 Å². The summed E-state index contributed by atoms with van der Waals surface area (Å²) in [5.74, 6) is 0. The Morgan fingerprint density at radius 2 is 1.05 bits per heavy atom. The van der Waals surface area contributed by atoms with Crippen molar-refractivity contribution in [1.82, 2.24) is 0 Å². The second-order valence-corrected chi connectivity index (χ2v) is 6.41. The van der Waals surface area contributed by atoms with Gasteiger partial charge in [-0.2, -0.15) is 0 Å². The zero-order chi connectivity index (χ0) is 14.3. The summed E-state index contributed by atoms with van der Waals surface area (Å²) in [4.78, 5) is 0. The van der Waals surface area contributed by atoms with Crippen molar-refractivity contribution in [1.29, 1.82) is 0 Å². The van der Waals surface area contributed by atoms with Crippen LogP contribution in [0.4, 0.5) is 0 Å². The predicted molar refractivity (Wildman–Crippen MR) is 78.6 cm³/mol. The zero-order valence-corrected chi connectivity index (χ0v) is 21.2. The summed E-state index contributed by atoms with van der Waals surface area (Å²) in [5.41, 5.74) is 0. The molecule has 0 unspecified atom stereocenters. The molecule has 0 aliphatic carbocycles. The Labute approximate surface area is 185 Å². The quantitative estimate of drug-likeness (QED) is 0.247. The average Bonchev–Trinajstić information content (AvgIpc) is 2.25. The molecule has 0 rings (SSSR count). The van der Waals surface area contributed by atoms with Crippen LogP contribution in [0.3, 0.4) is 0 Å². The van der Waals surface area contributed by atoms with Gasteiger partial charge in [0.05, 0.1) is 0 Å². The van der Waals surface area contributed by atoms with Crippen molar-refractivity contribution in [3.05, 3.63) is 0 Å². The fourth-order valence-corrected chi connectivity index (χ4v) is 2.24. The second kappa shape index (κ2) is 24.0. The molecule has 0 heterocycles. The molecule has 0 saturated heterocycles. The summed E-state index contributed by atoms with van der Waals surface area (Å²) in [6, 6.07) is 0. The first-order valence-corrected chi connectivity index (χ1v) is 9.83. The van der Waals surface area contributed by atoms with Gasteiger partial charge in [-0.05, 0) is 0 Å². The van der Waals surface area contributed by atoms with E-state index in [9.17, 15) is 0 Å². The van der Waals surface area contributed by atoms with Crippen LogP contribution in [0, 0.1) is 0 Å². The van der Waals surface area contributed by atoms with Gasteiger partial charge >= 0.3 is 140 Å². The summed E-state index contributed by atoms with van der Waals surface area (Å²) in [6.45, 7) is 2.29. The van der Waals surface area contributed by atoms with Crippen LogP contribution in [-0.4, -0.2) is 83.2 Å². The fraction of sp³-hybridized carbons (Fsp3) is 1.00. The summed E-state index contributed by atoms with van der Waals surface area (Å²) < 4.78 is 35.6. The zero-order valence-electron chi connectivity index (χ0n) is 13.2. The maximum Gasteiger partial charge on any atom is 2.00 e. The molecule has 0 N–H and O–H groups in total. The molecule has 108 valence electrons. The van der Waals surface area contributed by atoms with Gasteiger partial charge in [-0.15, -0.1) is 0 Å². The van der Waals surface area contributed by atoms with E-state index in [1.54, 1.807) is 0 Å². The van der Waals surface area contributed by atoms with Crippen molar-refractivity contribution < 1.29 is 37.0 Å². The van der Waals surface area contributed by atoms with Gasteiger partial charge in [0.1, 0.15) is 0 Å². The molecule has 0 fully saturated rings. The molecule has 20 heavy (non-hydrogen) atoms. The molecule has 0 saturated carbocycles. The normalized spacial score (nSPS) is 9.85. The van der Waals surface area contributed by atoms with E-state index in [1.807, 2.05) is 0 Å². The first-order valence-electron chi connectivity index (χ1n) is 7.08. The van der Waals surface area contributed by atoms with E-state index in [4.69, 9.17) is 17.5 Å². The number of unbranched alkanes of at least 4 members (excludes halogenated alkanes) is 9. The molecule has 0 amide bonds. The van der Waals surface area contributed by atoms with Gasteiger partial charge in [0.15, 0.2) is 0 Å². The summed E-state index contributed by atoms with van der Waals surface area (Å²) >= 11 is 1.41. The van der Waals surface area contributed by atoms with Gasteiger partial charge in [0, 0.05) is 29.9 Å². The average molecular weight is 394 g/mol. The molecule has 0 aliphatic heterocycles. The third kappa shape index (κ3) is 49.8. The summed E-state index contributed by atoms with van der Waals surface area (Å²) in [6.07, 6.45) is 14.7. The van der Waals surface area contributed by atoms with Crippen molar-refractivity contribution in [2.24, 2.45) is 0 Å². The van der Waals surface area contributed by atoms with Crippen LogP contribution in [0.25, 0.3) is 0 Å². The Balaban J connectivity index is -0.000000158. The van der Waals surface area contributed by atoms with Gasteiger partial charge in [-0.25, -0.2) is 0 Å². The Kier molecular flexibility index (Phi) is 36.8. The van der Waals surface area contributed by atoms with E-state index in [0.717, 1.165) is 0 Å². The second-order valence-electron chi connectivity index (χ2n) is 4.59. The SMILES string of the molecule is CCCCCCCCCCC[CH2][Na].O=S(=O)([O-])[O-].[Ca+2].[Zn]. The molecular weight excluding hydrogens is 369 g/mol. The summed E-state index contributed by atoms with van der Waals surface area (Å²) in [5, 5.41) is 0. The molecule has 0 aromatic heterocycles. The molecule has 8 heteroatoms. The Hall–Kier alpha value is 2.75. The summed E-state index contributed by atoms with van der Waals surface area (Å²) in [7, 11) is -5.17. The smallest absolute Gasteiger partial charge is 0.759 e. The van der Waals surface area contributed by atoms with Gasteiger partial charge < -0.3 is 9.11 Å². The van der Waals surface area contributed by atoms with E-state index in [2.05, 4.69) is 6.92 Å². The van der Waals surface area contributed by atoms with Crippen LogP contribution in [0.1, 0.15) is 71.1 Å². The number of hydrogen-bond donors (Lipinski definition) is 0. The molecule has 0 atom stereocenters. The topological polar surface area (TPSA) is 80.3 Å². The third-order valence-electron chi connectivity index (χ3n) is 2.71. The minimum atomic E-state index is -5.17. The van der Waals surface area contributed by atoms with Crippen molar-refractivity contribution in [2.75, 3.05) is 0 Å². The maximum atomic E-state index is 8.52.